The highest BCUT2D eigenvalue weighted by molar-refractivity contribution is 6.07. The van der Waals surface area contributed by atoms with E-state index in [2.05, 4.69) is 10.4 Å². The summed E-state index contributed by atoms with van der Waals surface area (Å²) in [5.41, 5.74) is 1.76. The molecule has 0 unspecified atom stereocenters. The molecule has 3 rings (SSSR count). The number of aromatic nitrogens is 2. The Morgan fingerprint density at radius 1 is 1.20 bits per heavy atom. The minimum atomic E-state index is -0.528. The number of nitrogens with zero attached hydrogens (tertiary/aromatic N) is 3. The molecule has 0 spiro atoms. The molecule has 0 aliphatic rings. The molecule has 0 saturated heterocycles. The second kappa shape index (κ2) is 6.96. The quantitative estimate of drug-likeness (QED) is 0.571. The number of carbonyl (C=O) groups is 1. The van der Waals surface area contributed by atoms with Crippen molar-refractivity contribution in [3.05, 3.63) is 87.7 Å². The lowest BCUT2D eigenvalue weighted by Crippen LogP contribution is -2.16. The van der Waals surface area contributed by atoms with Crippen LogP contribution in [0.3, 0.4) is 0 Å². The van der Waals surface area contributed by atoms with Crippen molar-refractivity contribution in [1.82, 2.24) is 9.78 Å². The van der Waals surface area contributed by atoms with Crippen LogP contribution in [0.2, 0.25) is 0 Å². The van der Waals surface area contributed by atoms with Crippen LogP contribution in [-0.2, 0) is 6.54 Å². The number of benzene rings is 2. The number of rotatable bonds is 5. The molecule has 1 amide bonds. The summed E-state index contributed by atoms with van der Waals surface area (Å²) in [5, 5.41) is 18.2. The highest BCUT2D eigenvalue weighted by Gasteiger charge is 2.22. The van der Waals surface area contributed by atoms with E-state index >= 15 is 0 Å². The van der Waals surface area contributed by atoms with E-state index in [1.54, 1.807) is 42.1 Å². The number of aryl methyl sites for hydroxylation is 1. The minimum absolute atomic E-state index is 0.0406. The van der Waals surface area contributed by atoms with Gasteiger partial charge in [0.1, 0.15) is 5.56 Å². The number of nitrogens with one attached hydrogen (secondary N) is 1. The zero-order valence-corrected chi connectivity index (χ0v) is 13.5. The summed E-state index contributed by atoms with van der Waals surface area (Å²) in [4.78, 5) is 23.4. The van der Waals surface area contributed by atoms with E-state index in [1.165, 1.54) is 6.07 Å². The molecule has 126 valence electrons. The second-order valence-corrected chi connectivity index (χ2v) is 5.54. The van der Waals surface area contributed by atoms with E-state index in [0.717, 1.165) is 5.56 Å². The predicted octanol–water partition coefficient (Wildman–Crippen LogP) is 3.40. The molecule has 0 saturated carbocycles. The Kier molecular flexibility index (Phi) is 4.56. The number of nitro groups is 1. The first-order valence-electron chi connectivity index (χ1n) is 7.67. The standard InChI is InChI=1S/C18H16N4O3/c1-13-6-4-8-15(17(13)22(24)25)18(23)20-16-9-3-2-7-14(16)12-21-11-5-10-19-21/h2-11H,12H2,1H3,(H,20,23). The van der Waals surface area contributed by atoms with Gasteiger partial charge in [-0.05, 0) is 30.7 Å². The number of amides is 1. The van der Waals surface area contributed by atoms with Crippen LogP contribution in [0.25, 0.3) is 0 Å². The molecule has 25 heavy (non-hydrogen) atoms. The average molecular weight is 336 g/mol. The normalized spacial score (nSPS) is 10.4. The van der Waals surface area contributed by atoms with E-state index in [0.29, 0.717) is 17.8 Å². The molecule has 1 aromatic heterocycles. The Balaban J connectivity index is 1.90. The molecule has 0 aliphatic carbocycles. The van der Waals surface area contributed by atoms with Crippen LogP contribution in [0, 0.1) is 17.0 Å². The molecule has 0 aliphatic heterocycles. The van der Waals surface area contributed by atoms with Crippen molar-refractivity contribution in [3.8, 4) is 0 Å². The maximum absolute atomic E-state index is 12.6. The van der Waals surface area contributed by atoms with E-state index in [4.69, 9.17) is 0 Å². The van der Waals surface area contributed by atoms with Crippen LogP contribution in [0.1, 0.15) is 21.5 Å². The van der Waals surface area contributed by atoms with E-state index in [9.17, 15) is 14.9 Å². The largest absolute Gasteiger partial charge is 0.321 e. The van der Waals surface area contributed by atoms with Gasteiger partial charge in [0.05, 0.1) is 11.5 Å². The molecule has 0 atom stereocenters. The molecule has 3 aromatic rings. The van der Waals surface area contributed by atoms with Gasteiger partial charge in [-0.15, -0.1) is 0 Å². The van der Waals surface area contributed by atoms with Crippen LogP contribution < -0.4 is 5.32 Å². The molecule has 2 aromatic carbocycles. The molecule has 0 fully saturated rings. The van der Waals surface area contributed by atoms with Crippen LogP contribution in [-0.4, -0.2) is 20.6 Å². The van der Waals surface area contributed by atoms with Crippen molar-refractivity contribution in [3.63, 3.8) is 0 Å². The maximum Gasteiger partial charge on any atom is 0.285 e. The smallest absolute Gasteiger partial charge is 0.285 e. The summed E-state index contributed by atoms with van der Waals surface area (Å²) in [5.74, 6) is -0.511. The molecule has 0 bridgehead atoms. The Labute approximate surface area is 144 Å². The van der Waals surface area contributed by atoms with Gasteiger partial charge in [0.25, 0.3) is 11.6 Å². The van der Waals surface area contributed by atoms with E-state index in [-0.39, 0.29) is 11.3 Å². The van der Waals surface area contributed by atoms with Gasteiger partial charge < -0.3 is 5.32 Å². The minimum Gasteiger partial charge on any atom is -0.321 e. The summed E-state index contributed by atoms with van der Waals surface area (Å²) >= 11 is 0. The third-order valence-electron chi connectivity index (χ3n) is 3.82. The molecule has 7 nitrogen and oxygen atoms in total. The van der Waals surface area contributed by atoms with Crippen molar-refractivity contribution in [1.29, 1.82) is 0 Å². The van der Waals surface area contributed by atoms with Gasteiger partial charge in [-0.2, -0.15) is 5.10 Å². The number of anilines is 1. The first kappa shape index (κ1) is 16.4. The Hall–Kier alpha value is -3.48. The Bertz CT molecular complexity index is 920. The van der Waals surface area contributed by atoms with Crippen molar-refractivity contribution >= 4 is 17.3 Å². The molecule has 0 radical (unpaired) electrons. The second-order valence-electron chi connectivity index (χ2n) is 5.54. The zero-order chi connectivity index (χ0) is 17.8. The third kappa shape index (κ3) is 3.55. The number of para-hydroxylation sites is 2. The fourth-order valence-corrected chi connectivity index (χ4v) is 2.62. The fourth-order valence-electron chi connectivity index (χ4n) is 2.62. The molecule has 1 N–H and O–H groups in total. The van der Waals surface area contributed by atoms with Gasteiger partial charge in [0.15, 0.2) is 0 Å². The van der Waals surface area contributed by atoms with Gasteiger partial charge in [-0.1, -0.05) is 30.3 Å². The van der Waals surface area contributed by atoms with Gasteiger partial charge in [0.2, 0.25) is 0 Å². The third-order valence-corrected chi connectivity index (χ3v) is 3.82. The number of hydrogen-bond donors (Lipinski definition) is 1. The Morgan fingerprint density at radius 2 is 2.00 bits per heavy atom. The first-order chi connectivity index (χ1) is 12.1. The number of carbonyl (C=O) groups excluding carboxylic acids is 1. The van der Waals surface area contributed by atoms with Crippen molar-refractivity contribution in [2.45, 2.75) is 13.5 Å². The maximum atomic E-state index is 12.6. The van der Waals surface area contributed by atoms with Gasteiger partial charge in [0, 0.05) is 23.6 Å². The number of hydrogen-bond acceptors (Lipinski definition) is 4. The summed E-state index contributed by atoms with van der Waals surface area (Å²) in [6, 6.07) is 13.8. The molecular weight excluding hydrogens is 320 g/mol. The van der Waals surface area contributed by atoms with Crippen molar-refractivity contribution < 1.29 is 9.72 Å². The fraction of sp³-hybridized carbons (Fsp3) is 0.111. The summed E-state index contributed by atoms with van der Waals surface area (Å²) < 4.78 is 1.74. The molecule has 7 heteroatoms. The summed E-state index contributed by atoms with van der Waals surface area (Å²) in [6.45, 7) is 2.10. The molecule has 1 heterocycles. The topological polar surface area (TPSA) is 90.1 Å². The highest BCUT2D eigenvalue weighted by atomic mass is 16.6. The van der Waals surface area contributed by atoms with Gasteiger partial charge in [-0.3, -0.25) is 19.6 Å². The van der Waals surface area contributed by atoms with Crippen molar-refractivity contribution in [2.24, 2.45) is 0 Å². The first-order valence-corrected chi connectivity index (χ1v) is 7.67. The lowest BCUT2D eigenvalue weighted by atomic mass is 10.1. The average Bonchev–Trinajstić information content (AvgIpc) is 3.09. The van der Waals surface area contributed by atoms with E-state index in [1.807, 2.05) is 24.4 Å². The number of nitro benzene ring substituents is 1. The summed E-state index contributed by atoms with van der Waals surface area (Å²) in [6.07, 6.45) is 3.50. The predicted molar refractivity (Wildman–Crippen MR) is 93.6 cm³/mol. The SMILES string of the molecule is Cc1cccc(C(=O)Nc2ccccc2Cn2cccn2)c1[N+](=O)[O-]. The van der Waals surface area contributed by atoms with Crippen LogP contribution in [0.4, 0.5) is 11.4 Å². The van der Waals surface area contributed by atoms with Gasteiger partial charge >= 0.3 is 0 Å². The zero-order valence-electron chi connectivity index (χ0n) is 13.5. The Morgan fingerprint density at radius 3 is 2.72 bits per heavy atom. The van der Waals surface area contributed by atoms with Crippen LogP contribution in [0.15, 0.2) is 60.9 Å². The van der Waals surface area contributed by atoms with Crippen molar-refractivity contribution in [2.75, 3.05) is 5.32 Å². The van der Waals surface area contributed by atoms with Crippen LogP contribution in [0.5, 0.6) is 0 Å². The molecular formula is C18H16N4O3. The van der Waals surface area contributed by atoms with Gasteiger partial charge in [-0.25, -0.2) is 0 Å². The lowest BCUT2D eigenvalue weighted by Gasteiger charge is -2.12. The lowest BCUT2D eigenvalue weighted by molar-refractivity contribution is -0.385. The monoisotopic (exact) mass is 336 g/mol. The van der Waals surface area contributed by atoms with E-state index < -0.39 is 10.8 Å². The highest BCUT2D eigenvalue weighted by Crippen LogP contribution is 2.25. The van der Waals surface area contributed by atoms with Crippen LogP contribution >= 0.6 is 0 Å². The summed E-state index contributed by atoms with van der Waals surface area (Å²) in [7, 11) is 0.